The van der Waals surface area contributed by atoms with Crippen LogP contribution in [-0.4, -0.2) is 0 Å². The Morgan fingerprint density at radius 1 is 0.462 bits per heavy atom. The van der Waals surface area contributed by atoms with Crippen LogP contribution in [0.2, 0.25) is 0 Å². The van der Waals surface area contributed by atoms with Gasteiger partial charge in [0.1, 0.15) is 11.2 Å². The molecule has 0 bridgehead atoms. The fourth-order valence-corrected chi connectivity index (χ4v) is 7.03. The van der Waals surface area contributed by atoms with Crippen molar-refractivity contribution in [2.24, 2.45) is 0 Å². The summed E-state index contributed by atoms with van der Waals surface area (Å²) >= 11 is 1.88. The minimum Gasteiger partial charge on any atom is -0.455 e. The predicted molar refractivity (Wildman–Crippen MR) is 167 cm³/mol. The third-order valence-corrected chi connectivity index (χ3v) is 8.97. The molecule has 0 fully saturated rings. The van der Waals surface area contributed by atoms with E-state index >= 15 is 0 Å². The van der Waals surface area contributed by atoms with Crippen molar-refractivity contribution in [3.8, 4) is 22.3 Å². The molecular formula is C37H24OS. The van der Waals surface area contributed by atoms with Gasteiger partial charge in [-0.3, -0.25) is 0 Å². The third-order valence-electron chi connectivity index (χ3n) is 7.75. The van der Waals surface area contributed by atoms with E-state index in [1.54, 1.807) is 0 Å². The van der Waals surface area contributed by atoms with Gasteiger partial charge in [0.15, 0.2) is 0 Å². The summed E-state index contributed by atoms with van der Waals surface area (Å²) < 4.78 is 8.96. The molecule has 0 spiro atoms. The monoisotopic (exact) mass is 516 g/mol. The van der Waals surface area contributed by atoms with Crippen molar-refractivity contribution in [3.63, 3.8) is 0 Å². The Morgan fingerprint density at radius 2 is 1.05 bits per heavy atom. The molecule has 0 aliphatic rings. The Kier molecular flexibility index (Phi) is 5.14. The summed E-state index contributed by atoms with van der Waals surface area (Å²) in [6.45, 7) is 0. The lowest BCUT2D eigenvalue weighted by atomic mass is 9.97. The van der Waals surface area contributed by atoms with E-state index in [1.165, 1.54) is 53.4 Å². The van der Waals surface area contributed by atoms with Crippen LogP contribution in [0.15, 0.2) is 138 Å². The van der Waals surface area contributed by atoms with Gasteiger partial charge in [-0.15, -0.1) is 11.3 Å². The van der Waals surface area contributed by atoms with E-state index in [4.69, 9.17) is 4.42 Å². The van der Waals surface area contributed by atoms with Gasteiger partial charge in [-0.05, 0) is 46.4 Å². The van der Waals surface area contributed by atoms with E-state index < -0.39 is 0 Å². The Bertz CT molecular complexity index is 1970. The predicted octanol–water partition coefficient (Wildman–Crippen LogP) is 10.9. The lowest BCUT2D eigenvalue weighted by Crippen LogP contribution is -1.89. The molecule has 0 aliphatic carbocycles. The van der Waals surface area contributed by atoms with Crippen LogP contribution in [0.25, 0.3) is 64.4 Å². The summed E-state index contributed by atoms with van der Waals surface area (Å²) in [5.41, 5.74) is 9.39. The van der Waals surface area contributed by atoms with Gasteiger partial charge in [0.2, 0.25) is 0 Å². The number of rotatable bonds is 4. The molecule has 2 heteroatoms. The molecule has 0 amide bonds. The first-order chi connectivity index (χ1) is 19.3. The first-order valence-corrected chi connectivity index (χ1v) is 14.1. The SMILES string of the molecule is c1ccc2c(c1)oc1c(-c3ccc(Cc4ccc(-c5cccc6c5sc5ccccc56)cc4)cc3)cccc12. The third kappa shape index (κ3) is 3.76. The molecule has 8 aromatic rings. The van der Waals surface area contributed by atoms with E-state index in [2.05, 4.69) is 121 Å². The minimum atomic E-state index is 0.905. The smallest absolute Gasteiger partial charge is 0.143 e. The van der Waals surface area contributed by atoms with Crippen molar-refractivity contribution < 1.29 is 4.42 Å². The van der Waals surface area contributed by atoms with Crippen molar-refractivity contribution in [1.29, 1.82) is 0 Å². The molecule has 0 saturated carbocycles. The summed E-state index contributed by atoms with van der Waals surface area (Å²) in [5.74, 6) is 0. The number of furan rings is 1. The van der Waals surface area contributed by atoms with Crippen LogP contribution >= 0.6 is 11.3 Å². The summed E-state index contributed by atoms with van der Waals surface area (Å²) in [4.78, 5) is 0. The van der Waals surface area contributed by atoms with Crippen molar-refractivity contribution in [2.45, 2.75) is 6.42 Å². The molecule has 0 saturated heterocycles. The topological polar surface area (TPSA) is 13.1 Å². The number of fused-ring (bicyclic) bond motifs is 6. The van der Waals surface area contributed by atoms with E-state index in [1.807, 2.05) is 23.5 Å². The standard InChI is InChI=1S/C37H24OS/c1-3-13-34-30(7-1)32-11-5-9-28(36(32)38-34)26-19-15-24(16-20-26)23-25-17-21-27(22-18-25)29-10-6-12-33-31-8-2-4-14-35(31)39-37(29)33/h1-22H,23H2. The van der Waals surface area contributed by atoms with Crippen LogP contribution in [0, 0.1) is 0 Å². The molecule has 6 aromatic carbocycles. The maximum absolute atomic E-state index is 6.26. The summed E-state index contributed by atoms with van der Waals surface area (Å²) in [5, 5.41) is 5.02. The zero-order chi connectivity index (χ0) is 25.8. The Labute approximate surface area is 230 Å². The molecule has 39 heavy (non-hydrogen) atoms. The van der Waals surface area contributed by atoms with Crippen molar-refractivity contribution in [2.75, 3.05) is 0 Å². The summed E-state index contributed by atoms with van der Waals surface area (Å²) in [6.07, 6.45) is 0.905. The van der Waals surface area contributed by atoms with E-state index in [-0.39, 0.29) is 0 Å². The molecule has 0 N–H and O–H groups in total. The average Bonchev–Trinajstić information content (AvgIpc) is 3.57. The highest BCUT2D eigenvalue weighted by molar-refractivity contribution is 7.26. The van der Waals surface area contributed by atoms with Crippen LogP contribution in [0.5, 0.6) is 0 Å². The van der Waals surface area contributed by atoms with Crippen molar-refractivity contribution in [1.82, 2.24) is 0 Å². The highest BCUT2D eigenvalue weighted by Gasteiger charge is 2.12. The second-order valence-corrected chi connectivity index (χ2v) is 11.2. The quantitative estimate of drug-likeness (QED) is 0.227. The van der Waals surface area contributed by atoms with Crippen LogP contribution in [0.4, 0.5) is 0 Å². The van der Waals surface area contributed by atoms with Gasteiger partial charge in [0.25, 0.3) is 0 Å². The number of benzene rings is 6. The van der Waals surface area contributed by atoms with Gasteiger partial charge in [-0.25, -0.2) is 0 Å². The van der Waals surface area contributed by atoms with Gasteiger partial charge < -0.3 is 4.42 Å². The molecule has 0 radical (unpaired) electrons. The lowest BCUT2D eigenvalue weighted by Gasteiger charge is -2.08. The Balaban J connectivity index is 1.07. The van der Waals surface area contributed by atoms with E-state index in [9.17, 15) is 0 Å². The Morgan fingerprint density at radius 3 is 1.82 bits per heavy atom. The molecule has 0 aliphatic heterocycles. The van der Waals surface area contributed by atoms with Crippen molar-refractivity contribution >= 4 is 53.4 Å². The zero-order valence-electron chi connectivity index (χ0n) is 21.2. The number of thiophene rings is 1. The van der Waals surface area contributed by atoms with Crippen molar-refractivity contribution in [3.05, 3.63) is 145 Å². The normalized spacial score (nSPS) is 11.7. The molecular weight excluding hydrogens is 492 g/mol. The Hall–Kier alpha value is -4.66. The molecule has 0 unspecified atom stereocenters. The molecule has 2 aromatic heterocycles. The maximum atomic E-state index is 6.26. The first kappa shape index (κ1) is 22.3. The molecule has 184 valence electrons. The summed E-state index contributed by atoms with van der Waals surface area (Å²) in [7, 11) is 0. The van der Waals surface area contributed by atoms with Crippen LogP contribution in [0.1, 0.15) is 11.1 Å². The van der Waals surface area contributed by atoms with Gasteiger partial charge in [0, 0.05) is 36.5 Å². The zero-order valence-corrected chi connectivity index (χ0v) is 22.0. The van der Waals surface area contributed by atoms with Crippen LogP contribution < -0.4 is 0 Å². The number of para-hydroxylation sites is 2. The molecule has 1 nitrogen and oxygen atoms in total. The fraction of sp³-hybridized carbons (Fsp3) is 0.0270. The minimum absolute atomic E-state index is 0.905. The number of hydrogen-bond donors (Lipinski definition) is 0. The molecule has 2 heterocycles. The first-order valence-electron chi connectivity index (χ1n) is 13.3. The van der Waals surface area contributed by atoms with Gasteiger partial charge in [-0.1, -0.05) is 121 Å². The largest absolute Gasteiger partial charge is 0.455 e. The highest BCUT2D eigenvalue weighted by atomic mass is 32.1. The lowest BCUT2D eigenvalue weighted by molar-refractivity contribution is 0.670. The van der Waals surface area contributed by atoms with E-state index in [0.717, 1.165) is 28.5 Å². The second-order valence-electron chi connectivity index (χ2n) is 10.1. The van der Waals surface area contributed by atoms with Crippen LogP contribution in [0.3, 0.4) is 0 Å². The van der Waals surface area contributed by atoms with E-state index in [0.29, 0.717) is 0 Å². The maximum Gasteiger partial charge on any atom is 0.143 e. The summed E-state index contributed by atoms with van der Waals surface area (Å²) in [6, 6.07) is 48.0. The molecule has 8 rings (SSSR count). The van der Waals surface area contributed by atoms with Crippen LogP contribution in [-0.2, 0) is 6.42 Å². The second kappa shape index (κ2) is 8.97. The highest BCUT2D eigenvalue weighted by Crippen LogP contribution is 2.40. The van der Waals surface area contributed by atoms with Gasteiger partial charge in [0.05, 0.1) is 0 Å². The number of hydrogen-bond acceptors (Lipinski definition) is 2. The average molecular weight is 517 g/mol. The van der Waals surface area contributed by atoms with Gasteiger partial charge in [-0.2, -0.15) is 0 Å². The van der Waals surface area contributed by atoms with Gasteiger partial charge >= 0.3 is 0 Å². The fourth-order valence-electron chi connectivity index (χ4n) is 5.79. The molecule has 0 atom stereocenters.